The molecule has 26 heavy (non-hydrogen) atoms. The summed E-state index contributed by atoms with van der Waals surface area (Å²) in [4.78, 5) is 21.1. The average molecular weight is 455 g/mol. The molecule has 0 aliphatic heterocycles. The molecule has 0 atom stereocenters. The van der Waals surface area contributed by atoms with Crippen LogP contribution in [-0.4, -0.2) is 15.9 Å². The Balaban J connectivity index is 1.67. The number of fused-ring (bicyclic) bond motifs is 1. The fourth-order valence-corrected chi connectivity index (χ4v) is 3.04. The van der Waals surface area contributed by atoms with Gasteiger partial charge in [-0.05, 0) is 83.6 Å². The zero-order chi connectivity index (χ0) is 18.1. The summed E-state index contributed by atoms with van der Waals surface area (Å²) in [6.45, 7) is 1.93. The minimum atomic E-state index is -0.152. The van der Waals surface area contributed by atoms with Gasteiger partial charge in [0, 0.05) is 26.6 Å². The number of hydrogen-bond acceptors (Lipinski definition) is 4. The zero-order valence-electron chi connectivity index (χ0n) is 13.9. The van der Waals surface area contributed by atoms with E-state index in [1.165, 1.54) is 0 Å². The van der Waals surface area contributed by atoms with E-state index in [4.69, 9.17) is 4.42 Å². The molecule has 0 saturated heterocycles. The quantitative estimate of drug-likeness (QED) is 0.439. The molecule has 0 unspecified atom stereocenters. The highest BCUT2D eigenvalue weighted by Crippen LogP contribution is 2.30. The van der Waals surface area contributed by atoms with Crippen LogP contribution in [-0.2, 0) is 0 Å². The van der Waals surface area contributed by atoms with Crippen molar-refractivity contribution < 1.29 is 9.21 Å². The zero-order valence-corrected chi connectivity index (χ0v) is 16.0. The van der Waals surface area contributed by atoms with Crippen molar-refractivity contribution in [1.82, 2.24) is 9.97 Å². The van der Waals surface area contributed by atoms with E-state index in [0.717, 1.165) is 20.4 Å². The smallest absolute Gasteiger partial charge is 0.255 e. The molecule has 2 aromatic heterocycles. The fraction of sp³-hybridized carbons (Fsp3) is 0.0500. The van der Waals surface area contributed by atoms with Crippen molar-refractivity contribution in [3.63, 3.8) is 0 Å². The monoisotopic (exact) mass is 455 g/mol. The van der Waals surface area contributed by atoms with E-state index < -0.39 is 0 Å². The first-order valence-corrected chi connectivity index (χ1v) is 9.08. The minimum Gasteiger partial charge on any atom is -0.434 e. The molecule has 6 heteroatoms. The molecule has 2 heterocycles. The predicted molar refractivity (Wildman–Crippen MR) is 109 cm³/mol. The number of aromatic nitrogens is 2. The Morgan fingerprint density at radius 2 is 1.88 bits per heavy atom. The Morgan fingerprint density at radius 1 is 1.08 bits per heavy atom. The largest absolute Gasteiger partial charge is 0.434 e. The molecule has 0 bridgehead atoms. The number of halogens is 1. The Labute approximate surface area is 163 Å². The molecule has 1 N–H and O–H groups in total. The van der Waals surface area contributed by atoms with Crippen LogP contribution in [0, 0.1) is 10.5 Å². The average Bonchev–Trinajstić information content (AvgIpc) is 3.08. The first-order chi connectivity index (χ1) is 12.6. The number of hydrogen-bond donors (Lipinski definition) is 1. The molecule has 5 nitrogen and oxygen atoms in total. The van der Waals surface area contributed by atoms with E-state index in [1.807, 2.05) is 61.5 Å². The number of benzene rings is 2. The number of amides is 1. The van der Waals surface area contributed by atoms with Crippen LogP contribution in [0.4, 0.5) is 5.69 Å². The second-order valence-electron chi connectivity index (χ2n) is 5.78. The van der Waals surface area contributed by atoms with Gasteiger partial charge in [-0.3, -0.25) is 4.79 Å². The van der Waals surface area contributed by atoms with E-state index in [2.05, 4.69) is 37.9 Å². The number of carbonyl (C=O) groups is 1. The highest BCUT2D eigenvalue weighted by atomic mass is 127. The molecule has 0 saturated carbocycles. The van der Waals surface area contributed by atoms with Gasteiger partial charge in [0.05, 0.1) is 0 Å². The van der Waals surface area contributed by atoms with Crippen molar-refractivity contribution in [2.45, 2.75) is 6.92 Å². The Morgan fingerprint density at radius 3 is 2.65 bits per heavy atom. The number of nitrogens with one attached hydrogen (secondary N) is 1. The highest BCUT2D eigenvalue weighted by Gasteiger charge is 2.15. The lowest BCUT2D eigenvalue weighted by Gasteiger charge is -2.11. The van der Waals surface area contributed by atoms with Gasteiger partial charge < -0.3 is 9.73 Å². The summed E-state index contributed by atoms with van der Waals surface area (Å²) in [6.07, 6.45) is 1.68. The first kappa shape index (κ1) is 16.7. The lowest BCUT2D eigenvalue weighted by Crippen LogP contribution is -2.13. The van der Waals surface area contributed by atoms with Crippen LogP contribution >= 0.6 is 22.6 Å². The highest BCUT2D eigenvalue weighted by molar-refractivity contribution is 14.1. The molecule has 0 fully saturated rings. The molecule has 4 rings (SSSR count). The molecule has 4 aromatic rings. The summed E-state index contributed by atoms with van der Waals surface area (Å²) in [5.74, 6) is 0.336. The topological polar surface area (TPSA) is 68.0 Å². The maximum absolute atomic E-state index is 12.5. The van der Waals surface area contributed by atoms with Crippen molar-refractivity contribution in [3.8, 4) is 11.5 Å². The molecular weight excluding hydrogens is 441 g/mol. The van der Waals surface area contributed by atoms with Gasteiger partial charge >= 0.3 is 0 Å². The number of pyridine rings is 1. The number of oxazole rings is 1. The van der Waals surface area contributed by atoms with Gasteiger partial charge in [0.1, 0.15) is 0 Å². The van der Waals surface area contributed by atoms with Gasteiger partial charge in [0.2, 0.25) is 5.89 Å². The van der Waals surface area contributed by atoms with Crippen LogP contribution in [0.15, 0.2) is 65.2 Å². The maximum Gasteiger partial charge on any atom is 0.255 e. The van der Waals surface area contributed by atoms with Gasteiger partial charge in [-0.1, -0.05) is 6.07 Å². The second-order valence-corrected chi connectivity index (χ2v) is 7.03. The van der Waals surface area contributed by atoms with Crippen LogP contribution < -0.4 is 5.32 Å². The molecule has 0 aliphatic rings. The Kier molecular flexibility index (Phi) is 4.42. The summed E-state index contributed by atoms with van der Waals surface area (Å²) >= 11 is 2.21. The Bertz CT molecular complexity index is 1070. The van der Waals surface area contributed by atoms with Crippen molar-refractivity contribution in [2.24, 2.45) is 0 Å². The van der Waals surface area contributed by atoms with Gasteiger partial charge in [-0.15, -0.1) is 0 Å². The van der Waals surface area contributed by atoms with Crippen molar-refractivity contribution >= 4 is 45.4 Å². The SMILES string of the molecule is Cc1c(NC(=O)c2ccc(I)cc2)cccc1-c1nc2ncccc2o1. The third-order valence-electron chi connectivity index (χ3n) is 4.08. The molecule has 0 radical (unpaired) electrons. The van der Waals surface area contributed by atoms with Gasteiger partial charge in [-0.25, -0.2) is 4.98 Å². The Hall–Kier alpha value is -2.74. The number of nitrogens with zero attached hydrogens (tertiary/aromatic N) is 2. The predicted octanol–water partition coefficient (Wildman–Crippen LogP) is 5.06. The summed E-state index contributed by atoms with van der Waals surface area (Å²) in [6, 6.07) is 16.7. The van der Waals surface area contributed by atoms with Crippen molar-refractivity contribution in [2.75, 3.05) is 5.32 Å². The van der Waals surface area contributed by atoms with Crippen LogP contribution in [0.2, 0.25) is 0 Å². The van der Waals surface area contributed by atoms with Gasteiger partial charge in [0.15, 0.2) is 11.2 Å². The molecule has 128 valence electrons. The molecule has 1 amide bonds. The fourth-order valence-electron chi connectivity index (χ4n) is 2.68. The van der Waals surface area contributed by atoms with E-state index >= 15 is 0 Å². The van der Waals surface area contributed by atoms with Crippen molar-refractivity contribution in [3.05, 3.63) is 75.5 Å². The summed E-state index contributed by atoms with van der Waals surface area (Å²) in [5, 5.41) is 2.96. The lowest BCUT2D eigenvalue weighted by molar-refractivity contribution is 0.102. The van der Waals surface area contributed by atoms with Crippen LogP contribution in [0.5, 0.6) is 0 Å². The van der Waals surface area contributed by atoms with Gasteiger partial charge in [0.25, 0.3) is 5.91 Å². The maximum atomic E-state index is 12.5. The number of carbonyl (C=O) groups excluding carboxylic acids is 1. The normalized spacial score (nSPS) is 10.8. The van der Waals surface area contributed by atoms with Crippen LogP contribution in [0.3, 0.4) is 0 Å². The van der Waals surface area contributed by atoms with Crippen molar-refractivity contribution in [1.29, 1.82) is 0 Å². The standard InChI is InChI=1S/C20H14IN3O2/c1-12-15(20-24-18-17(26-20)6-3-11-22-18)4-2-5-16(12)23-19(25)13-7-9-14(21)10-8-13/h2-11H,1H3,(H,23,25). The molecule has 2 aromatic carbocycles. The van der Waals surface area contributed by atoms with Crippen LogP contribution in [0.1, 0.15) is 15.9 Å². The number of anilines is 1. The number of rotatable bonds is 3. The second kappa shape index (κ2) is 6.87. The van der Waals surface area contributed by atoms with E-state index in [1.54, 1.807) is 6.20 Å². The molecular formula is C20H14IN3O2. The minimum absolute atomic E-state index is 0.152. The third kappa shape index (κ3) is 3.20. The molecule has 0 aliphatic carbocycles. The first-order valence-electron chi connectivity index (χ1n) is 8.00. The summed E-state index contributed by atoms with van der Waals surface area (Å²) in [5.41, 5.74) is 4.24. The van der Waals surface area contributed by atoms with E-state index in [0.29, 0.717) is 22.7 Å². The summed E-state index contributed by atoms with van der Waals surface area (Å²) in [7, 11) is 0. The summed E-state index contributed by atoms with van der Waals surface area (Å²) < 4.78 is 6.89. The molecule has 0 spiro atoms. The van der Waals surface area contributed by atoms with Crippen LogP contribution in [0.25, 0.3) is 22.7 Å². The van der Waals surface area contributed by atoms with E-state index in [-0.39, 0.29) is 5.91 Å². The lowest BCUT2D eigenvalue weighted by atomic mass is 10.1. The third-order valence-corrected chi connectivity index (χ3v) is 4.80. The van der Waals surface area contributed by atoms with E-state index in [9.17, 15) is 4.79 Å². The van der Waals surface area contributed by atoms with Gasteiger partial charge in [-0.2, -0.15) is 4.98 Å².